The van der Waals surface area contributed by atoms with Gasteiger partial charge < -0.3 is 0 Å². The number of hydrogen-bond donors (Lipinski definition) is 0. The van der Waals surface area contributed by atoms with Crippen molar-refractivity contribution >= 4 is 5.78 Å². The Bertz CT molecular complexity index is 362. The molecule has 2 rings (SSSR count). The summed E-state index contributed by atoms with van der Waals surface area (Å²) >= 11 is 0. The van der Waals surface area contributed by atoms with Gasteiger partial charge in [0.25, 0.3) is 0 Å². The number of Topliss-reactive ketones (excluding diaryl/α,β-unsaturated/α-hetero) is 1. The van der Waals surface area contributed by atoms with Crippen LogP contribution in [0.1, 0.15) is 60.3 Å². The molecule has 0 unspecified atom stereocenters. The summed E-state index contributed by atoms with van der Waals surface area (Å²) in [5.41, 5.74) is 3.00. The van der Waals surface area contributed by atoms with E-state index in [2.05, 4.69) is 27.7 Å². The number of rotatable bonds is 0. The van der Waals surface area contributed by atoms with E-state index in [9.17, 15) is 4.79 Å². The van der Waals surface area contributed by atoms with E-state index in [0.717, 1.165) is 12.0 Å². The number of hydrogen-bond acceptors (Lipinski definition) is 1. The Morgan fingerprint density at radius 3 is 2.38 bits per heavy atom. The van der Waals surface area contributed by atoms with Crippen molar-refractivity contribution in [3.05, 3.63) is 11.1 Å². The molecule has 0 aliphatic heterocycles. The predicted octanol–water partition coefficient (Wildman–Crippen LogP) is 4.13. The summed E-state index contributed by atoms with van der Waals surface area (Å²) in [4.78, 5) is 12.0. The van der Waals surface area contributed by atoms with Crippen LogP contribution in [0.5, 0.6) is 0 Å². The summed E-state index contributed by atoms with van der Waals surface area (Å²) in [6.07, 6.45) is 4.61. The molecule has 2 atom stereocenters. The third-order valence-electron chi connectivity index (χ3n) is 5.46. The Morgan fingerprint density at radius 2 is 1.75 bits per heavy atom. The Balaban J connectivity index is 2.51. The van der Waals surface area contributed by atoms with Gasteiger partial charge in [0.2, 0.25) is 0 Å². The fourth-order valence-corrected chi connectivity index (χ4v) is 4.05. The molecule has 1 heteroatoms. The molecule has 0 heterocycles. The molecular weight excluding hydrogens is 196 g/mol. The van der Waals surface area contributed by atoms with Gasteiger partial charge in [-0.3, -0.25) is 4.79 Å². The van der Waals surface area contributed by atoms with Crippen molar-refractivity contribution in [1.82, 2.24) is 0 Å². The van der Waals surface area contributed by atoms with E-state index < -0.39 is 0 Å². The van der Waals surface area contributed by atoms with Crippen LogP contribution >= 0.6 is 0 Å². The van der Waals surface area contributed by atoms with Crippen molar-refractivity contribution in [2.75, 3.05) is 0 Å². The van der Waals surface area contributed by atoms with Crippen LogP contribution in [-0.2, 0) is 4.79 Å². The molecule has 0 saturated heterocycles. The first-order valence-electron chi connectivity index (χ1n) is 6.50. The Labute approximate surface area is 99.3 Å². The minimum atomic E-state index is 0.278. The van der Waals surface area contributed by atoms with E-state index in [4.69, 9.17) is 0 Å². The standard InChI is InChI=1S/C15H24O/c1-10-11(2)15(5)8-6-7-14(3,4)13(15)9-12(10)16/h13H,6-9H2,1-5H3/t13-,15-/m1/s1. The van der Waals surface area contributed by atoms with Crippen LogP contribution in [0.25, 0.3) is 0 Å². The molecule has 0 aromatic rings. The van der Waals surface area contributed by atoms with Crippen molar-refractivity contribution in [2.24, 2.45) is 16.7 Å². The normalized spacial score (nSPS) is 38.6. The van der Waals surface area contributed by atoms with Crippen molar-refractivity contribution in [1.29, 1.82) is 0 Å². The average molecular weight is 220 g/mol. The first-order valence-corrected chi connectivity index (χ1v) is 6.50. The zero-order valence-corrected chi connectivity index (χ0v) is 11.3. The molecule has 0 aromatic carbocycles. The quantitative estimate of drug-likeness (QED) is 0.600. The second-order valence-corrected chi connectivity index (χ2v) is 6.69. The molecule has 90 valence electrons. The van der Waals surface area contributed by atoms with Gasteiger partial charge in [-0.2, -0.15) is 0 Å². The van der Waals surface area contributed by atoms with Gasteiger partial charge in [0.1, 0.15) is 0 Å². The molecule has 0 aromatic heterocycles. The van der Waals surface area contributed by atoms with Crippen molar-refractivity contribution in [3.63, 3.8) is 0 Å². The molecule has 0 radical (unpaired) electrons. The molecule has 1 nitrogen and oxygen atoms in total. The molecule has 16 heavy (non-hydrogen) atoms. The van der Waals surface area contributed by atoms with E-state index in [1.807, 2.05) is 6.92 Å². The topological polar surface area (TPSA) is 17.1 Å². The van der Waals surface area contributed by atoms with Gasteiger partial charge in [0.05, 0.1) is 0 Å². The highest BCUT2D eigenvalue weighted by atomic mass is 16.1. The van der Waals surface area contributed by atoms with Crippen LogP contribution in [-0.4, -0.2) is 5.78 Å². The SMILES string of the molecule is CC1=C(C)[C@@]2(C)CCCC(C)(C)[C@H]2CC1=O. The maximum atomic E-state index is 12.0. The first kappa shape index (κ1) is 11.9. The molecular formula is C15H24O. The second kappa shape index (κ2) is 3.45. The van der Waals surface area contributed by atoms with Crippen LogP contribution in [0.2, 0.25) is 0 Å². The minimum Gasteiger partial charge on any atom is -0.295 e. The van der Waals surface area contributed by atoms with Crippen LogP contribution in [0, 0.1) is 16.7 Å². The number of carbonyl (C=O) groups is 1. The number of fused-ring (bicyclic) bond motifs is 1. The van der Waals surface area contributed by atoms with Gasteiger partial charge >= 0.3 is 0 Å². The second-order valence-electron chi connectivity index (χ2n) is 6.69. The largest absolute Gasteiger partial charge is 0.295 e. The average Bonchev–Trinajstić information content (AvgIpc) is 2.19. The number of ketones is 1. The first-order chi connectivity index (χ1) is 7.29. The minimum absolute atomic E-state index is 0.278. The van der Waals surface area contributed by atoms with E-state index >= 15 is 0 Å². The van der Waals surface area contributed by atoms with Crippen molar-refractivity contribution in [2.45, 2.75) is 60.3 Å². The van der Waals surface area contributed by atoms with Gasteiger partial charge in [-0.05, 0) is 49.0 Å². The highest BCUT2D eigenvalue weighted by Crippen LogP contribution is 2.58. The van der Waals surface area contributed by atoms with E-state index in [-0.39, 0.29) is 5.41 Å². The summed E-state index contributed by atoms with van der Waals surface area (Å²) < 4.78 is 0. The predicted molar refractivity (Wildman–Crippen MR) is 67.2 cm³/mol. The molecule has 0 amide bonds. The zero-order valence-electron chi connectivity index (χ0n) is 11.3. The lowest BCUT2D eigenvalue weighted by Gasteiger charge is -2.54. The smallest absolute Gasteiger partial charge is 0.158 e. The molecule has 0 bridgehead atoms. The highest BCUT2D eigenvalue weighted by Gasteiger charge is 2.50. The van der Waals surface area contributed by atoms with E-state index in [0.29, 0.717) is 17.1 Å². The van der Waals surface area contributed by atoms with Crippen LogP contribution in [0.4, 0.5) is 0 Å². The van der Waals surface area contributed by atoms with Crippen LogP contribution < -0.4 is 0 Å². The fraction of sp³-hybridized carbons (Fsp3) is 0.800. The highest BCUT2D eigenvalue weighted by molar-refractivity contribution is 5.97. The molecule has 0 spiro atoms. The van der Waals surface area contributed by atoms with Gasteiger partial charge in [-0.15, -0.1) is 0 Å². The van der Waals surface area contributed by atoms with Crippen LogP contribution in [0.15, 0.2) is 11.1 Å². The monoisotopic (exact) mass is 220 g/mol. The number of carbonyl (C=O) groups excluding carboxylic acids is 1. The lowest BCUT2D eigenvalue weighted by atomic mass is 9.50. The Morgan fingerprint density at radius 1 is 1.12 bits per heavy atom. The summed E-state index contributed by atoms with van der Waals surface area (Å²) in [5.74, 6) is 0.930. The van der Waals surface area contributed by atoms with E-state index in [1.54, 1.807) is 0 Å². The van der Waals surface area contributed by atoms with Crippen LogP contribution in [0.3, 0.4) is 0 Å². The summed E-state index contributed by atoms with van der Waals surface area (Å²) in [6.45, 7) is 11.3. The van der Waals surface area contributed by atoms with Gasteiger partial charge in [0.15, 0.2) is 5.78 Å². The number of allylic oxidation sites excluding steroid dienone is 2. The zero-order chi connectivity index (χ0) is 12.1. The Hall–Kier alpha value is -0.590. The van der Waals surface area contributed by atoms with Gasteiger partial charge in [-0.1, -0.05) is 32.8 Å². The van der Waals surface area contributed by atoms with Gasteiger partial charge in [-0.25, -0.2) is 0 Å². The summed E-state index contributed by atoms with van der Waals surface area (Å²) in [6, 6.07) is 0. The molecule has 0 N–H and O–H groups in total. The summed E-state index contributed by atoms with van der Waals surface area (Å²) in [7, 11) is 0. The molecule has 1 fully saturated rings. The van der Waals surface area contributed by atoms with E-state index in [1.165, 1.54) is 24.8 Å². The maximum absolute atomic E-state index is 12.0. The fourth-order valence-electron chi connectivity index (χ4n) is 4.05. The van der Waals surface area contributed by atoms with Gasteiger partial charge in [0, 0.05) is 6.42 Å². The Kier molecular flexibility index (Phi) is 2.56. The van der Waals surface area contributed by atoms with Crippen molar-refractivity contribution < 1.29 is 4.79 Å². The third kappa shape index (κ3) is 1.48. The molecule has 2 aliphatic carbocycles. The molecule has 1 saturated carbocycles. The lowest BCUT2D eigenvalue weighted by molar-refractivity contribution is -0.121. The third-order valence-corrected chi connectivity index (χ3v) is 5.46. The van der Waals surface area contributed by atoms with Crippen molar-refractivity contribution in [3.8, 4) is 0 Å². The maximum Gasteiger partial charge on any atom is 0.158 e. The lowest BCUT2D eigenvalue weighted by Crippen LogP contribution is -2.46. The molecule has 2 aliphatic rings. The summed E-state index contributed by atoms with van der Waals surface area (Å²) in [5, 5.41) is 0.